The number of benzene rings is 2. The molecule has 0 aliphatic heterocycles. The van der Waals surface area contributed by atoms with Gasteiger partial charge in [-0.15, -0.1) is 0 Å². The molecule has 0 fully saturated rings. The summed E-state index contributed by atoms with van der Waals surface area (Å²) in [6.45, 7) is 8.70. The Morgan fingerprint density at radius 1 is 0.952 bits per heavy atom. The van der Waals surface area contributed by atoms with Crippen molar-refractivity contribution >= 4 is 0 Å². The summed E-state index contributed by atoms with van der Waals surface area (Å²) in [6.07, 6.45) is 1.18. The van der Waals surface area contributed by atoms with E-state index < -0.39 is 0 Å². The zero-order valence-corrected chi connectivity index (χ0v) is 13.2. The number of nitrogens with one attached hydrogen (secondary N) is 1. The monoisotopic (exact) mass is 283 g/mol. The number of ether oxygens (including phenoxy) is 1. The summed E-state index contributed by atoms with van der Waals surface area (Å²) >= 11 is 0. The highest BCUT2D eigenvalue weighted by Crippen LogP contribution is 2.22. The molecule has 0 aromatic heterocycles. The first-order valence-electron chi connectivity index (χ1n) is 7.62. The van der Waals surface area contributed by atoms with E-state index in [1.165, 1.54) is 12.0 Å². The highest BCUT2D eigenvalue weighted by Gasteiger charge is 2.13. The minimum absolute atomic E-state index is 0.345. The molecule has 0 bridgehead atoms. The minimum Gasteiger partial charge on any atom is -0.457 e. The van der Waals surface area contributed by atoms with Gasteiger partial charge in [-0.05, 0) is 41.7 Å². The van der Waals surface area contributed by atoms with Gasteiger partial charge in [0.2, 0.25) is 0 Å². The SMILES string of the molecule is CCC(C)(C)CNCc1cccc(Oc2ccccc2)c1. The van der Waals surface area contributed by atoms with Gasteiger partial charge in [-0.25, -0.2) is 0 Å². The first-order chi connectivity index (χ1) is 10.1. The van der Waals surface area contributed by atoms with E-state index >= 15 is 0 Å². The Kier molecular flexibility index (Phi) is 5.40. The minimum atomic E-state index is 0.345. The normalized spacial score (nSPS) is 11.4. The van der Waals surface area contributed by atoms with Gasteiger partial charge >= 0.3 is 0 Å². The molecule has 2 nitrogen and oxygen atoms in total. The maximum absolute atomic E-state index is 5.86. The van der Waals surface area contributed by atoms with Crippen LogP contribution in [0.2, 0.25) is 0 Å². The maximum atomic E-state index is 5.86. The summed E-state index contributed by atoms with van der Waals surface area (Å²) in [4.78, 5) is 0. The quantitative estimate of drug-likeness (QED) is 0.771. The Morgan fingerprint density at radius 3 is 2.38 bits per heavy atom. The van der Waals surface area contributed by atoms with Gasteiger partial charge in [0.25, 0.3) is 0 Å². The molecule has 0 unspecified atom stereocenters. The van der Waals surface area contributed by atoms with E-state index in [0.717, 1.165) is 24.6 Å². The van der Waals surface area contributed by atoms with Crippen molar-refractivity contribution in [3.8, 4) is 11.5 Å². The molecule has 2 aromatic carbocycles. The maximum Gasteiger partial charge on any atom is 0.127 e. The van der Waals surface area contributed by atoms with Gasteiger partial charge in [0.1, 0.15) is 11.5 Å². The van der Waals surface area contributed by atoms with Crippen LogP contribution in [-0.2, 0) is 6.54 Å². The van der Waals surface area contributed by atoms with Gasteiger partial charge in [0.05, 0.1) is 0 Å². The molecule has 0 aliphatic carbocycles. The number of rotatable bonds is 7. The molecular formula is C19H25NO. The van der Waals surface area contributed by atoms with Crippen LogP contribution in [0.4, 0.5) is 0 Å². The standard InChI is InChI=1S/C19H25NO/c1-4-19(2,3)15-20-14-16-9-8-12-18(13-16)21-17-10-6-5-7-11-17/h5-13,20H,4,14-15H2,1-3H3. The van der Waals surface area contributed by atoms with E-state index in [9.17, 15) is 0 Å². The first kappa shape index (κ1) is 15.6. The van der Waals surface area contributed by atoms with Crippen LogP contribution in [0.5, 0.6) is 11.5 Å². The molecule has 0 saturated heterocycles. The Hall–Kier alpha value is -1.80. The van der Waals surface area contributed by atoms with E-state index in [4.69, 9.17) is 4.74 Å². The Labute approximate surface area is 128 Å². The zero-order chi connectivity index (χ0) is 15.1. The molecule has 112 valence electrons. The second-order valence-corrected chi connectivity index (χ2v) is 6.18. The van der Waals surface area contributed by atoms with E-state index in [0.29, 0.717) is 5.41 Å². The Bertz CT molecular complexity index is 549. The fourth-order valence-corrected chi connectivity index (χ4v) is 2.01. The molecule has 2 heteroatoms. The van der Waals surface area contributed by atoms with Crippen molar-refractivity contribution in [1.82, 2.24) is 5.32 Å². The second kappa shape index (κ2) is 7.28. The van der Waals surface area contributed by atoms with E-state index in [1.54, 1.807) is 0 Å². The summed E-state index contributed by atoms with van der Waals surface area (Å²) in [5.74, 6) is 1.75. The first-order valence-corrected chi connectivity index (χ1v) is 7.62. The summed E-state index contributed by atoms with van der Waals surface area (Å²) in [7, 11) is 0. The smallest absolute Gasteiger partial charge is 0.127 e. The van der Waals surface area contributed by atoms with Crippen LogP contribution < -0.4 is 10.1 Å². The molecule has 0 saturated carbocycles. The highest BCUT2D eigenvalue weighted by atomic mass is 16.5. The van der Waals surface area contributed by atoms with Crippen molar-refractivity contribution < 1.29 is 4.74 Å². The van der Waals surface area contributed by atoms with Crippen LogP contribution in [0.25, 0.3) is 0 Å². The van der Waals surface area contributed by atoms with Crippen LogP contribution in [0, 0.1) is 5.41 Å². The predicted molar refractivity (Wildman–Crippen MR) is 88.7 cm³/mol. The summed E-state index contributed by atoms with van der Waals surface area (Å²) in [5.41, 5.74) is 1.59. The lowest BCUT2D eigenvalue weighted by atomic mass is 9.90. The van der Waals surface area contributed by atoms with E-state index in [-0.39, 0.29) is 0 Å². The fourth-order valence-electron chi connectivity index (χ4n) is 2.01. The zero-order valence-electron chi connectivity index (χ0n) is 13.2. The molecule has 2 rings (SSSR count). The van der Waals surface area contributed by atoms with Gasteiger partial charge in [-0.3, -0.25) is 0 Å². The van der Waals surface area contributed by atoms with Gasteiger partial charge in [-0.1, -0.05) is 51.1 Å². The van der Waals surface area contributed by atoms with Crippen LogP contribution in [0.3, 0.4) is 0 Å². The fraction of sp³-hybridized carbons (Fsp3) is 0.368. The third-order valence-electron chi connectivity index (χ3n) is 3.77. The molecule has 0 spiro atoms. The molecule has 0 amide bonds. The average Bonchev–Trinajstić information content (AvgIpc) is 2.48. The predicted octanol–water partition coefficient (Wildman–Crippen LogP) is 5.00. The molecule has 0 aliphatic rings. The largest absolute Gasteiger partial charge is 0.457 e. The number of para-hydroxylation sites is 1. The Morgan fingerprint density at radius 2 is 1.67 bits per heavy atom. The average molecular weight is 283 g/mol. The summed E-state index contributed by atoms with van der Waals surface area (Å²) < 4.78 is 5.86. The summed E-state index contributed by atoms with van der Waals surface area (Å²) in [6, 6.07) is 18.1. The molecular weight excluding hydrogens is 258 g/mol. The van der Waals surface area contributed by atoms with Crippen LogP contribution in [0.15, 0.2) is 54.6 Å². The number of hydrogen-bond acceptors (Lipinski definition) is 2. The molecule has 1 N–H and O–H groups in total. The van der Waals surface area contributed by atoms with Crippen molar-refractivity contribution in [3.05, 3.63) is 60.2 Å². The molecule has 0 radical (unpaired) electrons. The van der Waals surface area contributed by atoms with E-state index in [2.05, 4.69) is 38.2 Å². The van der Waals surface area contributed by atoms with Gasteiger partial charge in [0.15, 0.2) is 0 Å². The van der Waals surface area contributed by atoms with Gasteiger partial charge in [0, 0.05) is 13.1 Å². The van der Waals surface area contributed by atoms with Crippen molar-refractivity contribution in [2.45, 2.75) is 33.7 Å². The van der Waals surface area contributed by atoms with Crippen molar-refractivity contribution in [2.24, 2.45) is 5.41 Å². The van der Waals surface area contributed by atoms with Crippen LogP contribution in [0.1, 0.15) is 32.8 Å². The van der Waals surface area contributed by atoms with Crippen LogP contribution in [-0.4, -0.2) is 6.54 Å². The topological polar surface area (TPSA) is 21.3 Å². The lowest BCUT2D eigenvalue weighted by Gasteiger charge is -2.23. The van der Waals surface area contributed by atoms with Crippen LogP contribution >= 0.6 is 0 Å². The third kappa shape index (κ3) is 5.24. The van der Waals surface area contributed by atoms with Crippen molar-refractivity contribution in [2.75, 3.05) is 6.54 Å². The second-order valence-electron chi connectivity index (χ2n) is 6.18. The highest BCUT2D eigenvalue weighted by molar-refractivity contribution is 5.33. The van der Waals surface area contributed by atoms with Crippen molar-refractivity contribution in [3.63, 3.8) is 0 Å². The van der Waals surface area contributed by atoms with Gasteiger partial charge < -0.3 is 10.1 Å². The molecule has 21 heavy (non-hydrogen) atoms. The summed E-state index contributed by atoms with van der Waals surface area (Å²) in [5, 5.41) is 3.53. The van der Waals surface area contributed by atoms with Gasteiger partial charge in [-0.2, -0.15) is 0 Å². The Balaban J connectivity index is 1.92. The van der Waals surface area contributed by atoms with Crippen molar-refractivity contribution in [1.29, 1.82) is 0 Å². The lowest BCUT2D eigenvalue weighted by molar-refractivity contribution is 0.327. The molecule has 2 aromatic rings. The lowest BCUT2D eigenvalue weighted by Crippen LogP contribution is -2.28. The number of hydrogen-bond donors (Lipinski definition) is 1. The third-order valence-corrected chi connectivity index (χ3v) is 3.77. The molecule has 0 heterocycles. The van der Waals surface area contributed by atoms with E-state index in [1.807, 2.05) is 42.5 Å². The molecule has 0 atom stereocenters.